The van der Waals surface area contributed by atoms with Crippen molar-refractivity contribution >= 4 is 7.69 Å². The zero-order valence-corrected chi connectivity index (χ0v) is 4.06. The number of nitrogens with zero attached hydrogens (tertiary/aromatic N) is 1. The summed E-state index contributed by atoms with van der Waals surface area (Å²) in [5.41, 5.74) is 0. The van der Waals surface area contributed by atoms with Crippen molar-refractivity contribution in [1.82, 2.24) is 4.98 Å². The highest BCUT2D eigenvalue weighted by Gasteiger charge is 1.59. The first-order valence-electron chi connectivity index (χ1n) is 1.84. The maximum atomic E-state index is 7.00. The van der Waals surface area contributed by atoms with Crippen molar-refractivity contribution in [2.24, 2.45) is 0 Å². The Morgan fingerprint density at radius 1 is 1.50 bits per heavy atom. The fraction of sp³-hybridized carbons (Fsp3) is 0. The lowest BCUT2D eigenvalue weighted by atomic mass is 10.5. The van der Waals surface area contributed by atoms with Crippen LogP contribution in [0.15, 0.2) is 23.3 Å². The van der Waals surface area contributed by atoms with Gasteiger partial charge in [-0.15, -0.1) is 0 Å². The molecule has 1 heterocycles. The monoisotopic (exact) mass is 114 g/mol. The molecule has 0 aliphatic carbocycles. The summed E-state index contributed by atoms with van der Waals surface area (Å²) in [5, 5.41) is 14.0. The Labute approximate surface area is 47.1 Å². The third-order valence-corrected chi connectivity index (χ3v) is 0.347. The smallest absolute Gasteiger partial charge is 0.452 e. The van der Waals surface area contributed by atoms with Crippen LogP contribution in [0.1, 0.15) is 0 Å². The molecule has 0 fully saturated rings. The minimum Gasteiger partial charge on any atom is -0.452 e. The molecule has 43 valence electrons. The van der Waals surface area contributed by atoms with Gasteiger partial charge in [0.15, 0.2) is 6.39 Å². The Morgan fingerprint density at radius 3 is 2.25 bits per heavy atom. The highest BCUT2D eigenvalue weighted by atomic mass is 16.4. The third kappa shape index (κ3) is 5.19. The first-order valence-corrected chi connectivity index (χ1v) is 1.84. The minimum absolute atomic E-state index is 0. The van der Waals surface area contributed by atoms with E-state index in [0.29, 0.717) is 0 Å². The Bertz CT molecular complexity index is 81.4. The van der Waals surface area contributed by atoms with Gasteiger partial charge in [0.2, 0.25) is 0 Å². The maximum absolute atomic E-state index is 7.00. The second-order valence-corrected chi connectivity index (χ2v) is 0.791. The second kappa shape index (κ2) is 6.19. The number of rotatable bonds is 0. The van der Waals surface area contributed by atoms with E-state index in [2.05, 4.69) is 9.40 Å². The lowest BCUT2D eigenvalue weighted by molar-refractivity contribution is 0.448. The van der Waals surface area contributed by atoms with Gasteiger partial charge in [-0.2, -0.15) is 0 Å². The lowest BCUT2D eigenvalue weighted by Crippen LogP contribution is -1.75. The van der Waals surface area contributed by atoms with E-state index in [4.69, 9.17) is 10.0 Å². The molecule has 0 aliphatic heterocycles. The van der Waals surface area contributed by atoms with Gasteiger partial charge in [-0.25, -0.2) is 4.98 Å². The Hall–Kier alpha value is -0.805. The first-order chi connectivity index (χ1) is 3.91. The average Bonchev–Trinajstić information content (AvgIpc) is 2.17. The zero-order valence-electron chi connectivity index (χ0n) is 4.06. The SMILES string of the molecule is O[B]O.c1cocn1. The largest absolute Gasteiger partial charge is 0.482 e. The van der Waals surface area contributed by atoms with Crippen LogP contribution in [0, 0.1) is 0 Å². The summed E-state index contributed by atoms with van der Waals surface area (Å²) in [5.74, 6) is 0. The molecule has 1 aromatic rings. The number of hydrogen-bond donors (Lipinski definition) is 2. The first kappa shape index (κ1) is 7.19. The van der Waals surface area contributed by atoms with Crippen molar-refractivity contribution in [1.29, 1.82) is 0 Å². The fourth-order valence-electron chi connectivity index (χ4n) is 0.176. The van der Waals surface area contributed by atoms with Gasteiger partial charge in [0.1, 0.15) is 6.26 Å². The van der Waals surface area contributed by atoms with Gasteiger partial charge in [0, 0.05) is 0 Å². The van der Waals surface area contributed by atoms with Gasteiger partial charge in [0.05, 0.1) is 6.20 Å². The van der Waals surface area contributed by atoms with Crippen LogP contribution >= 0.6 is 0 Å². The molecular formula is C3H5BNO3. The molecule has 8 heavy (non-hydrogen) atoms. The van der Waals surface area contributed by atoms with Gasteiger partial charge in [-0.3, -0.25) is 0 Å². The van der Waals surface area contributed by atoms with Crippen LogP contribution in [0.4, 0.5) is 0 Å². The van der Waals surface area contributed by atoms with Crippen LogP contribution in [0.3, 0.4) is 0 Å². The topological polar surface area (TPSA) is 66.5 Å². The molecule has 0 amide bonds. The normalized spacial score (nSPS) is 6.75. The summed E-state index contributed by atoms with van der Waals surface area (Å²) in [7, 11) is 0. The van der Waals surface area contributed by atoms with E-state index in [1.165, 1.54) is 12.7 Å². The van der Waals surface area contributed by atoms with Gasteiger partial charge in [-0.1, -0.05) is 0 Å². The van der Waals surface area contributed by atoms with E-state index < -0.39 is 0 Å². The van der Waals surface area contributed by atoms with E-state index in [9.17, 15) is 0 Å². The Morgan fingerprint density at radius 2 is 2.12 bits per heavy atom. The highest BCUT2D eigenvalue weighted by molar-refractivity contribution is 6.13. The molecule has 1 radical (unpaired) electrons. The van der Waals surface area contributed by atoms with Gasteiger partial charge < -0.3 is 14.5 Å². The molecule has 0 saturated heterocycles. The van der Waals surface area contributed by atoms with Gasteiger partial charge >= 0.3 is 7.69 Å². The second-order valence-electron chi connectivity index (χ2n) is 0.791. The average molecular weight is 114 g/mol. The molecule has 0 unspecified atom stereocenters. The summed E-state index contributed by atoms with van der Waals surface area (Å²) in [4.78, 5) is 3.56. The van der Waals surface area contributed by atoms with Gasteiger partial charge in [-0.05, 0) is 0 Å². The van der Waals surface area contributed by atoms with Crippen LogP contribution in [0.5, 0.6) is 0 Å². The predicted molar refractivity (Wildman–Crippen MR) is 26.7 cm³/mol. The van der Waals surface area contributed by atoms with Crippen LogP contribution in [0.25, 0.3) is 0 Å². The third-order valence-electron chi connectivity index (χ3n) is 0.347. The molecule has 1 rings (SSSR count). The van der Waals surface area contributed by atoms with Crippen LogP contribution < -0.4 is 0 Å². The molecule has 0 atom stereocenters. The van der Waals surface area contributed by atoms with Crippen LogP contribution in [-0.2, 0) is 0 Å². The predicted octanol–water partition coefficient (Wildman–Crippen LogP) is -0.820. The molecule has 2 N–H and O–H groups in total. The summed E-state index contributed by atoms with van der Waals surface area (Å²) in [6.45, 7) is 0. The molecule has 5 heteroatoms. The molecule has 0 aromatic carbocycles. The van der Waals surface area contributed by atoms with E-state index in [0.717, 1.165) is 0 Å². The minimum atomic E-state index is 0. The standard InChI is InChI=1S/C3H3NO.BH2O2/c1-2-5-3-4-1;2-1-3/h1-3H;2-3H. The quantitative estimate of drug-likeness (QED) is 0.432. The Kier molecular flexibility index (Phi) is 5.57. The molecule has 0 spiro atoms. The van der Waals surface area contributed by atoms with E-state index in [1.54, 1.807) is 6.20 Å². The van der Waals surface area contributed by atoms with Crippen LogP contribution in [0.2, 0.25) is 0 Å². The van der Waals surface area contributed by atoms with Crippen molar-refractivity contribution in [2.75, 3.05) is 0 Å². The molecular weight excluding hydrogens is 109 g/mol. The number of hydrogen-bond acceptors (Lipinski definition) is 4. The van der Waals surface area contributed by atoms with E-state index in [1.807, 2.05) is 0 Å². The molecule has 0 aliphatic rings. The zero-order chi connectivity index (χ0) is 6.24. The number of aromatic nitrogens is 1. The highest BCUT2D eigenvalue weighted by Crippen LogP contribution is 1.72. The van der Waals surface area contributed by atoms with E-state index in [-0.39, 0.29) is 7.69 Å². The van der Waals surface area contributed by atoms with Crippen molar-refractivity contribution in [3.05, 3.63) is 18.9 Å². The molecule has 4 nitrogen and oxygen atoms in total. The van der Waals surface area contributed by atoms with Crippen molar-refractivity contribution in [2.45, 2.75) is 0 Å². The van der Waals surface area contributed by atoms with Crippen molar-refractivity contribution < 1.29 is 14.5 Å². The summed E-state index contributed by atoms with van der Waals surface area (Å²) >= 11 is 0. The van der Waals surface area contributed by atoms with Crippen LogP contribution in [-0.4, -0.2) is 22.7 Å². The number of oxazole rings is 1. The maximum Gasteiger partial charge on any atom is 0.482 e. The summed E-state index contributed by atoms with van der Waals surface area (Å²) in [6.07, 6.45) is 4.47. The summed E-state index contributed by atoms with van der Waals surface area (Å²) < 4.78 is 4.47. The summed E-state index contributed by atoms with van der Waals surface area (Å²) in [6, 6.07) is 0. The molecule has 1 aromatic heterocycles. The van der Waals surface area contributed by atoms with Gasteiger partial charge in [0.25, 0.3) is 0 Å². The Balaban J connectivity index is 0.000000145. The van der Waals surface area contributed by atoms with E-state index >= 15 is 0 Å². The van der Waals surface area contributed by atoms with Crippen molar-refractivity contribution in [3.63, 3.8) is 0 Å². The fourth-order valence-corrected chi connectivity index (χ4v) is 0.176. The van der Waals surface area contributed by atoms with Crippen molar-refractivity contribution in [3.8, 4) is 0 Å². The molecule has 0 saturated carbocycles. The molecule has 0 bridgehead atoms. The lowest BCUT2D eigenvalue weighted by Gasteiger charge is -1.47.